The van der Waals surface area contributed by atoms with Crippen molar-refractivity contribution in [2.75, 3.05) is 11.9 Å². The molecule has 4 nitrogen and oxygen atoms in total. The number of carboxylic acid groups (broad SMARTS) is 1. The fourth-order valence-corrected chi connectivity index (χ4v) is 1.88. The smallest absolute Gasteiger partial charge is 0.308 e. The van der Waals surface area contributed by atoms with E-state index >= 15 is 0 Å². The second-order valence-electron chi connectivity index (χ2n) is 4.31. The van der Waals surface area contributed by atoms with Gasteiger partial charge in [-0.15, -0.1) is 0 Å². The van der Waals surface area contributed by atoms with Crippen molar-refractivity contribution in [2.24, 2.45) is 5.92 Å². The van der Waals surface area contributed by atoms with Gasteiger partial charge in [0.25, 0.3) is 0 Å². The Morgan fingerprint density at radius 1 is 1.56 bits per heavy atom. The number of nitrogens with one attached hydrogen (secondary N) is 1. The standard InChI is InChI=1S/C14H18N2O2/c1-3-5-12(14(17)18)9-16-13-10(2)6-4-7-11(13)8-15/h4,6-7,12,16H,3,5,9H2,1-2H3,(H,17,18). The SMILES string of the molecule is CCCC(CNc1c(C)cccc1C#N)C(=O)O. The van der Waals surface area contributed by atoms with Crippen molar-refractivity contribution in [2.45, 2.75) is 26.7 Å². The van der Waals surface area contributed by atoms with Crippen LogP contribution in [0.4, 0.5) is 5.69 Å². The third kappa shape index (κ3) is 3.49. The number of hydrogen-bond donors (Lipinski definition) is 2. The maximum absolute atomic E-state index is 11.0. The second-order valence-corrected chi connectivity index (χ2v) is 4.31. The van der Waals surface area contributed by atoms with Gasteiger partial charge in [0, 0.05) is 6.54 Å². The van der Waals surface area contributed by atoms with Gasteiger partial charge in [0.15, 0.2) is 0 Å². The molecule has 0 bridgehead atoms. The Morgan fingerprint density at radius 2 is 2.28 bits per heavy atom. The Hall–Kier alpha value is -2.02. The number of nitriles is 1. The molecular formula is C14H18N2O2. The van der Waals surface area contributed by atoms with Gasteiger partial charge < -0.3 is 10.4 Å². The van der Waals surface area contributed by atoms with Crippen LogP contribution in [0.5, 0.6) is 0 Å². The van der Waals surface area contributed by atoms with Crippen LogP contribution in [0.15, 0.2) is 18.2 Å². The van der Waals surface area contributed by atoms with Crippen LogP contribution in [-0.4, -0.2) is 17.6 Å². The first-order valence-corrected chi connectivity index (χ1v) is 6.06. The first kappa shape index (κ1) is 14.0. The van der Waals surface area contributed by atoms with Gasteiger partial charge in [-0.05, 0) is 25.0 Å². The topological polar surface area (TPSA) is 73.1 Å². The number of benzene rings is 1. The number of hydrogen-bond acceptors (Lipinski definition) is 3. The van der Waals surface area contributed by atoms with Crippen LogP contribution in [0.2, 0.25) is 0 Å². The summed E-state index contributed by atoms with van der Waals surface area (Å²) in [5.41, 5.74) is 2.24. The van der Waals surface area contributed by atoms with Crippen molar-refractivity contribution in [1.82, 2.24) is 0 Å². The molecule has 1 aromatic rings. The lowest BCUT2D eigenvalue weighted by Crippen LogP contribution is -2.23. The average molecular weight is 246 g/mol. The van der Waals surface area contributed by atoms with Crippen molar-refractivity contribution >= 4 is 11.7 Å². The van der Waals surface area contributed by atoms with E-state index in [9.17, 15) is 4.79 Å². The number of carbonyl (C=O) groups is 1. The lowest BCUT2D eigenvalue weighted by atomic mass is 10.0. The fourth-order valence-electron chi connectivity index (χ4n) is 1.88. The number of rotatable bonds is 6. The summed E-state index contributed by atoms with van der Waals surface area (Å²) < 4.78 is 0. The minimum atomic E-state index is -0.795. The van der Waals surface area contributed by atoms with Crippen LogP contribution < -0.4 is 5.32 Å². The number of nitrogens with zero attached hydrogens (tertiary/aromatic N) is 1. The van der Waals surface area contributed by atoms with Crippen molar-refractivity contribution in [1.29, 1.82) is 5.26 Å². The molecule has 4 heteroatoms. The highest BCUT2D eigenvalue weighted by molar-refractivity contribution is 5.71. The van der Waals surface area contributed by atoms with E-state index in [2.05, 4.69) is 11.4 Å². The molecule has 0 saturated carbocycles. The molecule has 0 radical (unpaired) electrons. The van der Waals surface area contributed by atoms with E-state index in [0.29, 0.717) is 18.5 Å². The number of aliphatic carboxylic acids is 1. The van der Waals surface area contributed by atoms with E-state index in [4.69, 9.17) is 10.4 Å². The summed E-state index contributed by atoms with van der Waals surface area (Å²) in [6.07, 6.45) is 1.47. The predicted molar refractivity (Wildman–Crippen MR) is 70.4 cm³/mol. The number of anilines is 1. The summed E-state index contributed by atoms with van der Waals surface area (Å²) in [6, 6.07) is 7.56. The highest BCUT2D eigenvalue weighted by Gasteiger charge is 2.16. The van der Waals surface area contributed by atoms with E-state index in [1.807, 2.05) is 26.0 Å². The largest absolute Gasteiger partial charge is 0.481 e. The maximum Gasteiger partial charge on any atom is 0.308 e. The molecule has 0 saturated heterocycles. The van der Waals surface area contributed by atoms with Crippen molar-refractivity contribution < 1.29 is 9.90 Å². The minimum absolute atomic E-state index is 0.350. The van der Waals surface area contributed by atoms with Gasteiger partial charge in [0.2, 0.25) is 0 Å². The molecule has 1 atom stereocenters. The van der Waals surface area contributed by atoms with Crippen molar-refractivity contribution in [3.63, 3.8) is 0 Å². The first-order chi connectivity index (χ1) is 8.60. The Labute approximate surface area is 107 Å². The van der Waals surface area contributed by atoms with Gasteiger partial charge in [0.05, 0.1) is 17.2 Å². The van der Waals surface area contributed by atoms with Gasteiger partial charge in [-0.2, -0.15) is 5.26 Å². The molecule has 0 aliphatic rings. The van der Waals surface area contributed by atoms with E-state index in [0.717, 1.165) is 17.7 Å². The summed E-state index contributed by atoms with van der Waals surface area (Å²) in [5.74, 6) is -1.21. The molecule has 0 spiro atoms. The molecule has 0 aromatic heterocycles. The van der Waals surface area contributed by atoms with E-state index in [1.165, 1.54) is 0 Å². The summed E-state index contributed by atoms with van der Waals surface area (Å²) in [6.45, 7) is 4.21. The summed E-state index contributed by atoms with van der Waals surface area (Å²) in [4.78, 5) is 11.0. The monoisotopic (exact) mass is 246 g/mol. The molecule has 18 heavy (non-hydrogen) atoms. The lowest BCUT2D eigenvalue weighted by Gasteiger charge is -2.15. The zero-order valence-electron chi connectivity index (χ0n) is 10.7. The Morgan fingerprint density at radius 3 is 2.83 bits per heavy atom. The molecule has 0 amide bonds. The van der Waals surface area contributed by atoms with Crippen LogP contribution in [0.1, 0.15) is 30.9 Å². The number of para-hydroxylation sites is 1. The zero-order chi connectivity index (χ0) is 13.5. The van der Waals surface area contributed by atoms with Gasteiger partial charge in [-0.3, -0.25) is 4.79 Å². The highest BCUT2D eigenvalue weighted by Crippen LogP contribution is 2.20. The Kier molecular flexibility index (Phi) is 5.19. The summed E-state index contributed by atoms with van der Waals surface area (Å²) in [5, 5.41) is 21.2. The molecule has 1 aromatic carbocycles. The normalized spacial score (nSPS) is 11.6. The molecule has 0 heterocycles. The minimum Gasteiger partial charge on any atom is -0.481 e. The van der Waals surface area contributed by atoms with Crippen LogP contribution in [-0.2, 0) is 4.79 Å². The van der Waals surface area contributed by atoms with E-state index < -0.39 is 11.9 Å². The molecule has 0 fully saturated rings. The van der Waals surface area contributed by atoms with E-state index in [-0.39, 0.29) is 0 Å². The third-order valence-electron chi connectivity index (χ3n) is 2.90. The molecule has 1 rings (SSSR count). The second kappa shape index (κ2) is 6.65. The highest BCUT2D eigenvalue weighted by atomic mass is 16.4. The fraction of sp³-hybridized carbons (Fsp3) is 0.429. The van der Waals surface area contributed by atoms with Crippen LogP contribution >= 0.6 is 0 Å². The zero-order valence-corrected chi connectivity index (χ0v) is 10.7. The third-order valence-corrected chi connectivity index (χ3v) is 2.90. The molecule has 1 unspecified atom stereocenters. The van der Waals surface area contributed by atoms with Crippen molar-refractivity contribution in [3.8, 4) is 6.07 Å². The average Bonchev–Trinajstić information content (AvgIpc) is 2.35. The molecule has 2 N–H and O–H groups in total. The molecule has 0 aliphatic carbocycles. The summed E-state index contributed by atoms with van der Waals surface area (Å²) in [7, 11) is 0. The first-order valence-electron chi connectivity index (χ1n) is 6.06. The maximum atomic E-state index is 11.0. The van der Waals surface area contributed by atoms with Gasteiger partial charge >= 0.3 is 5.97 Å². The predicted octanol–water partition coefficient (Wildman–Crippen LogP) is 2.78. The van der Waals surface area contributed by atoms with Crippen LogP contribution in [0, 0.1) is 24.2 Å². The number of aryl methyl sites for hydroxylation is 1. The van der Waals surface area contributed by atoms with E-state index in [1.54, 1.807) is 6.07 Å². The quantitative estimate of drug-likeness (QED) is 0.809. The Bertz CT molecular complexity index is 463. The van der Waals surface area contributed by atoms with Gasteiger partial charge in [0.1, 0.15) is 6.07 Å². The van der Waals surface area contributed by atoms with Crippen molar-refractivity contribution in [3.05, 3.63) is 29.3 Å². The van der Waals surface area contributed by atoms with Crippen LogP contribution in [0.3, 0.4) is 0 Å². The Balaban J connectivity index is 2.79. The van der Waals surface area contributed by atoms with Gasteiger partial charge in [-0.1, -0.05) is 25.5 Å². The summed E-state index contributed by atoms with van der Waals surface area (Å²) >= 11 is 0. The van der Waals surface area contributed by atoms with Gasteiger partial charge in [-0.25, -0.2) is 0 Å². The van der Waals surface area contributed by atoms with Crippen LogP contribution in [0.25, 0.3) is 0 Å². The molecule has 0 aliphatic heterocycles. The molecular weight excluding hydrogens is 228 g/mol. The molecule has 96 valence electrons. The lowest BCUT2D eigenvalue weighted by molar-refractivity contribution is -0.141. The number of carboxylic acids is 1.